The maximum atomic E-state index is 4.66. The Morgan fingerprint density at radius 1 is 0.724 bits per heavy atom. The number of aromatic nitrogens is 2. The summed E-state index contributed by atoms with van der Waals surface area (Å²) in [6.45, 7) is 6.72. The summed E-state index contributed by atoms with van der Waals surface area (Å²) >= 11 is 0. The monoisotopic (exact) mass is 380 g/mol. The van der Waals surface area contributed by atoms with Crippen molar-refractivity contribution < 1.29 is 0 Å². The van der Waals surface area contributed by atoms with Crippen LogP contribution in [-0.2, 0) is 6.42 Å². The first-order valence-electron chi connectivity index (χ1n) is 10.4. The Bertz CT molecular complexity index is 1040. The molecule has 0 aliphatic carbocycles. The first kappa shape index (κ1) is 19.2. The number of hydrogen-bond donors (Lipinski definition) is 1. The highest BCUT2D eigenvalue weighted by Gasteiger charge is 2.13. The predicted octanol–water partition coefficient (Wildman–Crippen LogP) is 7.09. The van der Waals surface area contributed by atoms with Crippen molar-refractivity contribution in [3.63, 3.8) is 0 Å². The van der Waals surface area contributed by atoms with E-state index in [4.69, 9.17) is 0 Å². The molecule has 1 aromatic heterocycles. The number of nitrogens with one attached hydrogen (secondary N) is 1. The minimum Gasteiger partial charge on any atom is -0.342 e. The number of imidazole rings is 1. The van der Waals surface area contributed by atoms with Crippen molar-refractivity contribution in [3.05, 3.63) is 102 Å². The van der Waals surface area contributed by atoms with Crippen molar-refractivity contribution in [3.8, 4) is 22.4 Å². The van der Waals surface area contributed by atoms with E-state index < -0.39 is 0 Å². The summed E-state index contributed by atoms with van der Waals surface area (Å²) in [4.78, 5) is 8.19. The second kappa shape index (κ2) is 8.48. The SMILES string of the molecule is CC(C)Cc1ccc([C@@H](C)c2ncc(-c3ccc(-c4ccccc4)cc3)[nH]2)cc1. The van der Waals surface area contributed by atoms with E-state index in [-0.39, 0.29) is 5.92 Å². The lowest BCUT2D eigenvalue weighted by molar-refractivity contribution is 0.647. The van der Waals surface area contributed by atoms with Gasteiger partial charge < -0.3 is 4.98 Å². The Morgan fingerprint density at radius 3 is 2.00 bits per heavy atom. The Hall–Kier alpha value is -3.13. The molecule has 0 aliphatic rings. The average molecular weight is 381 g/mol. The van der Waals surface area contributed by atoms with Crippen LogP contribution in [0.1, 0.15) is 43.6 Å². The molecule has 0 spiro atoms. The Kier molecular flexibility index (Phi) is 5.62. The molecule has 1 N–H and O–H groups in total. The van der Waals surface area contributed by atoms with Gasteiger partial charge >= 0.3 is 0 Å². The first-order chi connectivity index (χ1) is 14.1. The van der Waals surface area contributed by atoms with Gasteiger partial charge in [0.15, 0.2) is 0 Å². The molecule has 1 heterocycles. The highest BCUT2D eigenvalue weighted by Crippen LogP contribution is 2.27. The molecule has 29 heavy (non-hydrogen) atoms. The van der Waals surface area contributed by atoms with E-state index in [1.54, 1.807) is 0 Å². The Morgan fingerprint density at radius 2 is 1.34 bits per heavy atom. The molecule has 0 saturated heterocycles. The summed E-state index contributed by atoms with van der Waals surface area (Å²) in [7, 11) is 0. The average Bonchev–Trinajstić information content (AvgIpc) is 3.24. The van der Waals surface area contributed by atoms with Crippen LogP contribution in [-0.4, -0.2) is 9.97 Å². The predicted molar refractivity (Wildman–Crippen MR) is 122 cm³/mol. The van der Waals surface area contributed by atoms with Crippen LogP contribution in [0.4, 0.5) is 0 Å². The Balaban J connectivity index is 1.50. The summed E-state index contributed by atoms with van der Waals surface area (Å²) in [5, 5.41) is 0. The number of aromatic amines is 1. The number of hydrogen-bond acceptors (Lipinski definition) is 1. The van der Waals surface area contributed by atoms with Crippen LogP contribution in [0.3, 0.4) is 0 Å². The largest absolute Gasteiger partial charge is 0.342 e. The zero-order valence-electron chi connectivity index (χ0n) is 17.4. The second-order valence-electron chi connectivity index (χ2n) is 8.19. The van der Waals surface area contributed by atoms with Gasteiger partial charge in [-0.25, -0.2) is 4.98 Å². The van der Waals surface area contributed by atoms with E-state index in [1.165, 1.54) is 22.3 Å². The minimum atomic E-state index is 0.237. The van der Waals surface area contributed by atoms with E-state index in [2.05, 4.69) is 104 Å². The second-order valence-corrected chi connectivity index (χ2v) is 8.19. The fraction of sp³-hybridized carbons (Fsp3) is 0.222. The molecule has 1 atom stereocenters. The van der Waals surface area contributed by atoms with Gasteiger partial charge in [-0.05, 0) is 40.2 Å². The zero-order valence-corrected chi connectivity index (χ0v) is 17.4. The number of rotatable bonds is 6. The molecule has 0 bridgehead atoms. The third-order valence-electron chi connectivity index (χ3n) is 5.43. The van der Waals surface area contributed by atoms with Crippen LogP contribution in [0.5, 0.6) is 0 Å². The molecule has 0 amide bonds. The molecule has 4 aromatic rings. The van der Waals surface area contributed by atoms with Crippen LogP contribution >= 0.6 is 0 Å². The summed E-state index contributed by atoms with van der Waals surface area (Å²) in [6.07, 6.45) is 3.06. The molecule has 4 rings (SSSR count). The van der Waals surface area contributed by atoms with Gasteiger partial charge in [0.25, 0.3) is 0 Å². The van der Waals surface area contributed by atoms with Gasteiger partial charge in [0.1, 0.15) is 5.82 Å². The van der Waals surface area contributed by atoms with Crippen molar-refractivity contribution in [1.82, 2.24) is 9.97 Å². The summed E-state index contributed by atoms with van der Waals surface area (Å²) in [5.41, 5.74) is 7.36. The normalized spacial score (nSPS) is 12.3. The molecule has 0 fully saturated rings. The van der Waals surface area contributed by atoms with Gasteiger partial charge in [-0.3, -0.25) is 0 Å². The molecule has 0 saturated carbocycles. The zero-order chi connectivity index (χ0) is 20.2. The molecular weight excluding hydrogens is 352 g/mol. The maximum Gasteiger partial charge on any atom is 0.113 e. The molecular formula is C27H28N2. The molecule has 146 valence electrons. The molecule has 3 aromatic carbocycles. The van der Waals surface area contributed by atoms with Gasteiger partial charge in [0.2, 0.25) is 0 Å². The van der Waals surface area contributed by atoms with Crippen LogP contribution in [0.15, 0.2) is 85.1 Å². The van der Waals surface area contributed by atoms with Gasteiger partial charge in [-0.1, -0.05) is 99.6 Å². The van der Waals surface area contributed by atoms with Gasteiger partial charge in [0, 0.05) is 5.92 Å². The van der Waals surface area contributed by atoms with Crippen molar-refractivity contribution in [2.45, 2.75) is 33.1 Å². The molecule has 2 heteroatoms. The van der Waals surface area contributed by atoms with Crippen molar-refractivity contribution in [2.24, 2.45) is 5.92 Å². The quantitative estimate of drug-likeness (QED) is 0.380. The van der Waals surface area contributed by atoms with Gasteiger partial charge in [0.05, 0.1) is 11.9 Å². The van der Waals surface area contributed by atoms with Crippen LogP contribution < -0.4 is 0 Å². The van der Waals surface area contributed by atoms with Crippen molar-refractivity contribution in [2.75, 3.05) is 0 Å². The summed E-state index contributed by atoms with van der Waals surface area (Å²) in [6, 6.07) is 28.1. The lowest BCUT2D eigenvalue weighted by atomic mass is 9.96. The standard InChI is InChI=1S/C27H28N2/c1-19(2)17-21-9-11-22(12-10-21)20(3)27-28-18-26(29-27)25-15-13-24(14-16-25)23-7-5-4-6-8-23/h4-16,18-20H,17H2,1-3H3,(H,28,29)/t20-/m1/s1. The lowest BCUT2D eigenvalue weighted by Crippen LogP contribution is -2.00. The van der Waals surface area contributed by atoms with Crippen molar-refractivity contribution >= 4 is 0 Å². The summed E-state index contributed by atoms with van der Waals surface area (Å²) < 4.78 is 0. The highest BCUT2D eigenvalue weighted by molar-refractivity contribution is 5.68. The fourth-order valence-electron chi connectivity index (χ4n) is 3.75. The van der Waals surface area contributed by atoms with Gasteiger partial charge in [-0.2, -0.15) is 0 Å². The molecule has 0 radical (unpaired) electrons. The molecule has 0 unspecified atom stereocenters. The fourth-order valence-corrected chi connectivity index (χ4v) is 3.75. The smallest absolute Gasteiger partial charge is 0.113 e. The third-order valence-corrected chi connectivity index (χ3v) is 5.43. The minimum absolute atomic E-state index is 0.237. The number of benzene rings is 3. The van der Waals surface area contributed by atoms with E-state index in [1.807, 2.05) is 12.3 Å². The molecule has 2 nitrogen and oxygen atoms in total. The van der Waals surface area contributed by atoms with Crippen molar-refractivity contribution in [1.29, 1.82) is 0 Å². The summed E-state index contributed by atoms with van der Waals surface area (Å²) in [5.74, 6) is 1.92. The van der Waals surface area contributed by atoms with Crippen LogP contribution in [0, 0.1) is 5.92 Å². The highest BCUT2D eigenvalue weighted by atomic mass is 14.9. The first-order valence-corrected chi connectivity index (χ1v) is 10.4. The van der Waals surface area contributed by atoms with E-state index in [0.29, 0.717) is 5.92 Å². The lowest BCUT2D eigenvalue weighted by Gasteiger charge is -2.11. The van der Waals surface area contributed by atoms with E-state index in [9.17, 15) is 0 Å². The number of H-pyrrole nitrogens is 1. The maximum absolute atomic E-state index is 4.66. The topological polar surface area (TPSA) is 28.7 Å². The number of nitrogens with zero attached hydrogens (tertiary/aromatic N) is 1. The third kappa shape index (κ3) is 4.48. The van der Waals surface area contributed by atoms with Crippen LogP contribution in [0.25, 0.3) is 22.4 Å². The van der Waals surface area contributed by atoms with E-state index >= 15 is 0 Å². The molecule has 0 aliphatic heterocycles. The van der Waals surface area contributed by atoms with E-state index in [0.717, 1.165) is 23.5 Å². The van der Waals surface area contributed by atoms with Gasteiger partial charge in [-0.15, -0.1) is 0 Å². The van der Waals surface area contributed by atoms with Crippen LogP contribution in [0.2, 0.25) is 0 Å². The Labute approximate surface area is 173 Å².